The molecule has 2 N–H and O–H groups in total. The summed E-state index contributed by atoms with van der Waals surface area (Å²) in [6, 6.07) is 4.04. The monoisotopic (exact) mass is 396 g/mol. The standard InChI is InChI=1S/C23H41O3P/c1-9-20(27(25,26)14-6)17-15-18(22(7,10-2)11-3)21(24)19(16-17)23(8,12-4)13-5/h15-16,20,24H,9-14H2,1-8H3,(H,25,26). The second-order valence-corrected chi connectivity index (χ2v) is 11.3. The molecule has 156 valence electrons. The van der Waals surface area contributed by atoms with E-state index in [0.29, 0.717) is 12.2 Å². The molecule has 1 rings (SSSR count). The Hall–Kier alpha value is -0.790. The van der Waals surface area contributed by atoms with E-state index in [1.807, 2.05) is 19.1 Å². The fraction of sp³-hybridized carbons (Fsp3) is 0.739. The van der Waals surface area contributed by atoms with Gasteiger partial charge in [0.25, 0.3) is 0 Å². The van der Waals surface area contributed by atoms with Crippen LogP contribution < -0.4 is 0 Å². The zero-order chi connectivity index (χ0) is 21.0. The number of phenols is 1. The van der Waals surface area contributed by atoms with Gasteiger partial charge in [-0.1, -0.05) is 67.5 Å². The predicted molar refractivity (Wildman–Crippen MR) is 117 cm³/mol. The highest BCUT2D eigenvalue weighted by atomic mass is 31.2. The van der Waals surface area contributed by atoms with Crippen molar-refractivity contribution in [3.8, 4) is 5.75 Å². The lowest BCUT2D eigenvalue weighted by Crippen LogP contribution is -2.25. The van der Waals surface area contributed by atoms with Crippen molar-refractivity contribution in [2.45, 2.75) is 104 Å². The summed E-state index contributed by atoms with van der Waals surface area (Å²) < 4.78 is 12.9. The third-order valence-corrected chi connectivity index (χ3v) is 9.81. The summed E-state index contributed by atoms with van der Waals surface area (Å²) >= 11 is 0. The minimum Gasteiger partial charge on any atom is -0.507 e. The first-order chi connectivity index (χ1) is 12.5. The molecular weight excluding hydrogens is 355 g/mol. The molecule has 0 radical (unpaired) electrons. The van der Waals surface area contributed by atoms with Gasteiger partial charge in [0, 0.05) is 17.3 Å². The van der Waals surface area contributed by atoms with E-state index < -0.39 is 7.37 Å². The molecule has 2 atom stereocenters. The molecule has 0 aliphatic heterocycles. The van der Waals surface area contributed by atoms with Crippen LogP contribution in [0.15, 0.2) is 12.1 Å². The number of phenolic OH excluding ortho intramolecular Hbond substituents is 1. The molecule has 1 aromatic carbocycles. The minimum atomic E-state index is -3.28. The summed E-state index contributed by atoms with van der Waals surface area (Å²) in [5, 5.41) is 11.3. The van der Waals surface area contributed by atoms with Crippen molar-refractivity contribution in [2.75, 3.05) is 6.16 Å². The lowest BCUT2D eigenvalue weighted by atomic mass is 9.71. The van der Waals surface area contributed by atoms with Gasteiger partial charge in [0.1, 0.15) is 5.75 Å². The highest BCUT2D eigenvalue weighted by molar-refractivity contribution is 7.58. The molecule has 0 spiro atoms. The maximum atomic E-state index is 12.9. The van der Waals surface area contributed by atoms with E-state index in [4.69, 9.17) is 0 Å². The Bertz CT molecular complexity index is 633. The van der Waals surface area contributed by atoms with Crippen LogP contribution >= 0.6 is 7.37 Å². The van der Waals surface area contributed by atoms with Crippen LogP contribution in [0.3, 0.4) is 0 Å². The normalized spacial score (nSPS) is 16.2. The first-order valence-electron chi connectivity index (χ1n) is 10.7. The Morgan fingerprint density at radius 3 is 1.52 bits per heavy atom. The summed E-state index contributed by atoms with van der Waals surface area (Å²) in [6.07, 6.45) is 4.54. The van der Waals surface area contributed by atoms with Gasteiger partial charge < -0.3 is 10.00 Å². The van der Waals surface area contributed by atoms with Gasteiger partial charge in [-0.2, -0.15) is 0 Å². The van der Waals surface area contributed by atoms with E-state index in [1.165, 1.54) is 0 Å². The van der Waals surface area contributed by atoms with Crippen molar-refractivity contribution < 1.29 is 14.6 Å². The summed E-state index contributed by atoms with van der Waals surface area (Å²) in [7, 11) is -3.28. The van der Waals surface area contributed by atoms with Crippen LogP contribution in [0.25, 0.3) is 0 Å². The molecule has 0 amide bonds. The van der Waals surface area contributed by atoms with Crippen LogP contribution in [0.4, 0.5) is 0 Å². The third kappa shape index (κ3) is 4.62. The number of hydrogen-bond donors (Lipinski definition) is 2. The molecule has 0 aliphatic carbocycles. The van der Waals surface area contributed by atoms with Gasteiger partial charge in [-0.25, -0.2) is 0 Å². The van der Waals surface area contributed by atoms with Crippen LogP contribution in [0.2, 0.25) is 0 Å². The van der Waals surface area contributed by atoms with E-state index in [1.54, 1.807) is 6.92 Å². The van der Waals surface area contributed by atoms with E-state index in [2.05, 4.69) is 41.5 Å². The van der Waals surface area contributed by atoms with Crippen molar-refractivity contribution in [3.63, 3.8) is 0 Å². The first-order valence-corrected chi connectivity index (χ1v) is 12.6. The van der Waals surface area contributed by atoms with E-state index in [-0.39, 0.29) is 22.7 Å². The van der Waals surface area contributed by atoms with Crippen LogP contribution in [0, 0.1) is 0 Å². The molecule has 0 heterocycles. The zero-order valence-electron chi connectivity index (χ0n) is 18.7. The molecule has 0 saturated heterocycles. The van der Waals surface area contributed by atoms with Gasteiger partial charge >= 0.3 is 0 Å². The Morgan fingerprint density at radius 1 is 0.889 bits per heavy atom. The Balaban J connectivity index is 3.89. The molecule has 1 aromatic rings. The lowest BCUT2D eigenvalue weighted by Gasteiger charge is -2.35. The fourth-order valence-electron chi connectivity index (χ4n) is 4.01. The van der Waals surface area contributed by atoms with Gasteiger partial charge in [-0.15, -0.1) is 0 Å². The first kappa shape index (κ1) is 24.2. The van der Waals surface area contributed by atoms with Crippen molar-refractivity contribution in [3.05, 3.63) is 28.8 Å². The summed E-state index contributed by atoms with van der Waals surface area (Å²) in [5.41, 5.74) is 2.10. The van der Waals surface area contributed by atoms with Gasteiger partial charge in [-0.05, 0) is 48.5 Å². The maximum absolute atomic E-state index is 12.9. The maximum Gasteiger partial charge on any atom is 0.207 e. The summed E-state index contributed by atoms with van der Waals surface area (Å²) in [5.74, 6) is 0.385. The number of hydrogen-bond acceptors (Lipinski definition) is 2. The second kappa shape index (κ2) is 9.14. The van der Waals surface area contributed by atoms with Crippen molar-refractivity contribution in [1.82, 2.24) is 0 Å². The molecule has 3 nitrogen and oxygen atoms in total. The summed E-state index contributed by atoms with van der Waals surface area (Å²) in [4.78, 5) is 10.6. The van der Waals surface area contributed by atoms with Gasteiger partial charge in [0.05, 0.1) is 5.66 Å². The highest BCUT2D eigenvalue weighted by Crippen LogP contribution is 2.58. The molecule has 0 aliphatic rings. The molecule has 0 saturated carbocycles. The van der Waals surface area contributed by atoms with Gasteiger partial charge in [0.15, 0.2) is 0 Å². The average Bonchev–Trinajstić information content (AvgIpc) is 2.67. The lowest BCUT2D eigenvalue weighted by molar-refractivity contribution is 0.367. The largest absolute Gasteiger partial charge is 0.507 e. The molecule has 4 heteroatoms. The van der Waals surface area contributed by atoms with Crippen LogP contribution in [0.1, 0.15) is 110 Å². The number of aromatic hydroxyl groups is 1. The van der Waals surface area contributed by atoms with Gasteiger partial charge in [-0.3, -0.25) is 4.57 Å². The van der Waals surface area contributed by atoms with E-state index in [9.17, 15) is 14.6 Å². The Labute approximate surface area is 167 Å². The second-order valence-electron chi connectivity index (χ2n) is 8.50. The van der Waals surface area contributed by atoms with Gasteiger partial charge in [0.2, 0.25) is 7.37 Å². The SMILES string of the molecule is CCC(c1cc(C(C)(CC)CC)c(O)c(C(C)(CC)CC)c1)P(=O)(O)CC. The molecule has 0 bridgehead atoms. The Kier molecular flexibility index (Phi) is 8.21. The van der Waals surface area contributed by atoms with E-state index in [0.717, 1.165) is 42.4 Å². The molecule has 0 aromatic heterocycles. The number of rotatable bonds is 10. The van der Waals surface area contributed by atoms with Crippen LogP contribution in [0.5, 0.6) is 5.75 Å². The third-order valence-electron chi connectivity index (χ3n) is 7.27. The predicted octanol–water partition coefficient (Wildman–Crippen LogP) is 7.29. The average molecular weight is 397 g/mol. The smallest absolute Gasteiger partial charge is 0.207 e. The summed E-state index contributed by atoms with van der Waals surface area (Å²) in [6.45, 7) is 16.7. The van der Waals surface area contributed by atoms with Crippen LogP contribution in [-0.2, 0) is 15.4 Å². The highest BCUT2D eigenvalue weighted by Gasteiger charge is 2.36. The molecule has 2 unspecified atom stereocenters. The fourth-order valence-corrected chi connectivity index (χ4v) is 5.63. The van der Waals surface area contributed by atoms with E-state index >= 15 is 0 Å². The molecule has 27 heavy (non-hydrogen) atoms. The van der Waals surface area contributed by atoms with Crippen molar-refractivity contribution in [1.29, 1.82) is 0 Å². The zero-order valence-corrected chi connectivity index (χ0v) is 19.6. The van der Waals surface area contributed by atoms with Crippen molar-refractivity contribution in [2.24, 2.45) is 0 Å². The quantitative estimate of drug-likeness (QED) is 0.408. The van der Waals surface area contributed by atoms with Crippen LogP contribution in [-0.4, -0.2) is 16.2 Å². The Morgan fingerprint density at radius 2 is 1.26 bits per heavy atom. The van der Waals surface area contributed by atoms with Crippen molar-refractivity contribution >= 4 is 7.37 Å². The minimum absolute atomic E-state index is 0.152. The number of benzene rings is 1. The molecule has 0 fully saturated rings. The molecular formula is C23H41O3P. The topological polar surface area (TPSA) is 57.5 Å².